The van der Waals surface area contributed by atoms with E-state index in [1.807, 2.05) is 19.1 Å². The van der Waals surface area contributed by atoms with Crippen LogP contribution in [0.5, 0.6) is 23.0 Å². The molecule has 0 fully saturated rings. The second kappa shape index (κ2) is 11.8. The zero-order valence-corrected chi connectivity index (χ0v) is 19.4. The number of ether oxygens (including phenoxy) is 4. The Morgan fingerprint density at radius 1 is 1.00 bits per heavy atom. The Bertz CT molecular complexity index is 1120. The van der Waals surface area contributed by atoms with Crippen LogP contribution < -0.4 is 24.3 Å². The van der Waals surface area contributed by atoms with Gasteiger partial charge in [-0.1, -0.05) is 11.6 Å². The number of halogens is 1. The van der Waals surface area contributed by atoms with Crippen LogP contribution in [0.25, 0.3) is 6.08 Å². The molecule has 0 aliphatic carbocycles. The molecule has 7 nitrogen and oxygen atoms in total. The van der Waals surface area contributed by atoms with E-state index in [9.17, 15) is 4.79 Å². The second-order valence-corrected chi connectivity index (χ2v) is 7.21. The first-order valence-electron chi connectivity index (χ1n) is 10.2. The minimum absolute atomic E-state index is 0.315. The van der Waals surface area contributed by atoms with Gasteiger partial charge >= 0.3 is 0 Å². The first-order valence-corrected chi connectivity index (χ1v) is 10.6. The fraction of sp³-hybridized carbons (Fsp3) is 0.200. The van der Waals surface area contributed by atoms with Gasteiger partial charge in [0.15, 0.2) is 23.0 Å². The number of nitrogens with zero attached hydrogens (tertiary/aromatic N) is 1. The van der Waals surface area contributed by atoms with Crippen LogP contribution >= 0.6 is 11.6 Å². The van der Waals surface area contributed by atoms with Gasteiger partial charge in [0.2, 0.25) is 5.91 Å². The topological polar surface area (TPSA) is 78.9 Å². The number of nitrogens with one attached hydrogen (secondary N) is 1. The maximum atomic E-state index is 12.5. The van der Waals surface area contributed by atoms with Crippen LogP contribution in [0.15, 0.2) is 60.9 Å². The van der Waals surface area contributed by atoms with Crippen LogP contribution in [0.1, 0.15) is 18.1 Å². The maximum absolute atomic E-state index is 12.5. The fourth-order valence-electron chi connectivity index (χ4n) is 3.01. The van der Waals surface area contributed by atoms with Gasteiger partial charge in [0.05, 0.1) is 25.8 Å². The van der Waals surface area contributed by atoms with Gasteiger partial charge in [0.25, 0.3) is 0 Å². The number of rotatable bonds is 10. The van der Waals surface area contributed by atoms with E-state index in [-0.39, 0.29) is 5.91 Å². The van der Waals surface area contributed by atoms with Crippen molar-refractivity contribution >= 4 is 29.3 Å². The van der Waals surface area contributed by atoms with Crippen molar-refractivity contribution in [3.8, 4) is 23.0 Å². The van der Waals surface area contributed by atoms with Crippen molar-refractivity contribution in [2.24, 2.45) is 0 Å². The van der Waals surface area contributed by atoms with Crippen molar-refractivity contribution in [3.63, 3.8) is 0 Å². The molecular formula is C25H25ClN2O5. The number of methoxy groups -OCH3 is 2. The number of amides is 1. The summed E-state index contributed by atoms with van der Waals surface area (Å²) in [6.07, 6.45) is 6.46. The summed E-state index contributed by atoms with van der Waals surface area (Å²) in [6, 6.07) is 12.4. The van der Waals surface area contributed by atoms with E-state index in [0.29, 0.717) is 52.5 Å². The van der Waals surface area contributed by atoms with Crippen molar-refractivity contribution in [2.75, 3.05) is 26.1 Å². The zero-order chi connectivity index (χ0) is 23.6. The lowest BCUT2D eigenvalue weighted by molar-refractivity contribution is -0.111. The molecule has 172 valence electrons. The minimum atomic E-state index is -0.315. The molecule has 0 saturated heterocycles. The molecule has 1 N–H and O–H groups in total. The van der Waals surface area contributed by atoms with Gasteiger partial charge in [-0.25, -0.2) is 0 Å². The lowest BCUT2D eigenvalue weighted by atomic mass is 10.2. The molecule has 0 radical (unpaired) electrons. The summed E-state index contributed by atoms with van der Waals surface area (Å²) in [6.45, 7) is 2.67. The Kier molecular flexibility index (Phi) is 8.55. The summed E-state index contributed by atoms with van der Waals surface area (Å²) in [5.41, 5.74) is 2.24. The number of hydrogen-bond donors (Lipinski definition) is 1. The molecule has 1 amide bonds. The van der Waals surface area contributed by atoms with Crippen LogP contribution in [0.2, 0.25) is 5.02 Å². The van der Waals surface area contributed by atoms with E-state index in [1.54, 1.807) is 55.9 Å². The predicted octanol–water partition coefficient (Wildman–Crippen LogP) is 5.38. The number of benzene rings is 2. The molecule has 8 heteroatoms. The number of anilines is 1. The highest BCUT2D eigenvalue weighted by Gasteiger charge is 2.11. The Morgan fingerprint density at radius 2 is 1.79 bits per heavy atom. The second-order valence-electron chi connectivity index (χ2n) is 6.80. The third kappa shape index (κ3) is 6.63. The summed E-state index contributed by atoms with van der Waals surface area (Å²) in [7, 11) is 3.09. The molecule has 0 unspecified atom stereocenters. The van der Waals surface area contributed by atoms with Crippen LogP contribution in [0, 0.1) is 0 Å². The molecule has 33 heavy (non-hydrogen) atoms. The van der Waals surface area contributed by atoms with Crippen LogP contribution in [-0.4, -0.2) is 31.7 Å². The average Bonchev–Trinajstić information content (AvgIpc) is 2.82. The van der Waals surface area contributed by atoms with Crippen molar-refractivity contribution in [1.29, 1.82) is 0 Å². The van der Waals surface area contributed by atoms with Gasteiger partial charge in [-0.15, -0.1) is 0 Å². The average molecular weight is 469 g/mol. The molecule has 0 spiro atoms. The van der Waals surface area contributed by atoms with Crippen LogP contribution in [-0.2, 0) is 11.4 Å². The standard InChI is InChI=1S/C25H25ClN2O5/c1-4-32-23-14-18(13-20(26)25(23)31-3)5-8-24(29)28-19-6-7-21(30-2)22(15-19)33-16-17-9-11-27-12-10-17/h5-15H,4,16H2,1-3H3,(H,28,29)/b8-5+. The van der Waals surface area contributed by atoms with E-state index < -0.39 is 0 Å². The largest absolute Gasteiger partial charge is 0.493 e. The third-order valence-electron chi connectivity index (χ3n) is 4.54. The van der Waals surface area contributed by atoms with E-state index in [2.05, 4.69) is 10.3 Å². The van der Waals surface area contributed by atoms with Crippen molar-refractivity contribution in [3.05, 3.63) is 77.1 Å². The number of hydrogen-bond acceptors (Lipinski definition) is 6. The van der Waals surface area contributed by atoms with E-state index in [1.165, 1.54) is 13.2 Å². The molecule has 0 atom stereocenters. The molecule has 0 aliphatic heterocycles. The molecule has 0 bridgehead atoms. The number of carbonyl (C=O) groups is 1. The quantitative estimate of drug-likeness (QED) is 0.402. The van der Waals surface area contributed by atoms with Gasteiger partial charge in [0.1, 0.15) is 6.61 Å². The van der Waals surface area contributed by atoms with E-state index in [0.717, 1.165) is 5.56 Å². The lowest BCUT2D eigenvalue weighted by Gasteiger charge is -2.13. The van der Waals surface area contributed by atoms with Gasteiger partial charge in [-0.2, -0.15) is 0 Å². The summed E-state index contributed by atoms with van der Waals surface area (Å²) in [4.78, 5) is 16.5. The summed E-state index contributed by atoms with van der Waals surface area (Å²) < 4.78 is 22.1. The van der Waals surface area contributed by atoms with Gasteiger partial charge < -0.3 is 24.3 Å². The lowest BCUT2D eigenvalue weighted by Crippen LogP contribution is -2.08. The molecule has 1 heterocycles. The monoisotopic (exact) mass is 468 g/mol. The first kappa shape index (κ1) is 23.9. The van der Waals surface area contributed by atoms with Crippen molar-refractivity contribution in [1.82, 2.24) is 4.98 Å². The molecule has 3 aromatic rings. The Labute approximate surface area is 197 Å². The molecule has 0 aliphatic rings. The van der Waals surface area contributed by atoms with Crippen molar-refractivity contribution < 1.29 is 23.7 Å². The van der Waals surface area contributed by atoms with E-state index in [4.69, 9.17) is 30.5 Å². The third-order valence-corrected chi connectivity index (χ3v) is 4.82. The Morgan fingerprint density at radius 3 is 2.48 bits per heavy atom. The van der Waals surface area contributed by atoms with Gasteiger partial charge in [-0.05, 0) is 60.5 Å². The Balaban J connectivity index is 1.70. The van der Waals surface area contributed by atoms with Crippen LogP contribution in [0.4, 0.5) is 5.69 Å². The highest BCUT2D eigenvalue weighted by atomic mass is 35.5. The summed E-state index contributed by atoms with van der Waals surface area (Å²) >= 11 is 6.27. The van der Waals surface area contributed by atoms with E-state index >= 15 is 0 Å². The van der Waals surface area contributed by atoms with Crippen LogP contribution in [0.3, 0.4) is 0 Å². The number of carbonyl (C=O) groups excluding carboxylic acids is 1. The van der Waals surface area contributed by atoms with Gasteiger partial charge in [-0.3, -0.25) is 9.78 Å². The number of aromatic nitrogens is 1. The highest BCUT2D eigenvalue weighted by Crippen LogP contribution is 2.36. The predicted molar refractivity (Wildman–Crippen MR) is 128 cm³/mol. The molecule has 1 aromatic heterocycles. The SMILES string of the molecule is CCOc1cc(/C=C/C(=O)Nc2ccc(OC)c(OCc3ccncc3)c2)cc(Cl)c1OC. The van der Waals surface area contributed by atoms with Crippen molar-refractivity contribution in [2.45, 2.75) is 13.5 Å². The Hall–Kier alpha value is -3.71. The fourth-order valence-corrected chi connectivity index (χ4v) is 3.30. The molecule has 0 saturated carbocycles. The molecule has 2 aromatic carbocycles. The number of pyridine rings is 1. The highest BCUT2D eigenvalue weighted by molar-refractivity contribution is 6.32. The first-order chi connectivity index (χ1) is 16.0. The molecule has 3 rings (SSSR count). The smallest absolute Gasteiger partial charge is 0.248 e. The zero-order valence-electron chi connectivity index (χ0n) is 18.6. The molecular weight excluding hydrogens is 444 g/mol. The summed E-state index contributed by atoms with van der Waals surface area (Å²) in [5.74, 6) is 1.73. The maximum Gasteiger partial charge on any atom is 0.248 e. The van der Waals surface area contributed by atoms with Gasteiger partial charge in [0, 0.05) is 30.2 Å². The normalized spacial score (nSPS) is 10.7. The minimum Gasteiger partial charge on any atom is -0.493 e. The summed E-state index contributed by atoms with van der Waals surface area (Å²) in [5, 5.41) is 3.22.